The number of hydrogen-bond acceptors (Lipinski definition) is 5. The zero-order valence-corrected chi connectivity index (χ0v) is 13.3. The summed E-state index contributed by atoms with van der Waals surface area (Å²) < 4.78 is 37.5. The summed E-state index contributed by atoms with van der Waals surface area (Å²) in [6.45, 7) is 4.08. The number of rotatable bonds is 4. The standard InChI is InChI=1S/C14H21NO5S/c1-10-7-15(8-11(2)20-10)21(17,18)13-4-5-14(19-3)12(6-13)9-16/h4-6,10-11,16H,7-9H2,1-3H3/t10-,11+. The lowest BCUT2D eigenvalue weighted by molar-refractivity contribution is -0.0440. The second-order valence-corrected chi connectivity index (χ2v) is 7.15. The molecule has 1 N–H and O–H groups in total. The van der Waals surface area contributed by atoms with E-state index in [9.17, 15) is 13.5 Å². The van der Waals surface area contributed by atoms with Crippen molar-refractivity contribution in [2.75, 3.05) is 20.2 Å². The molecule has 1 saturated heterocycles. The maximum Gasteiger partial charge on any atom is 0.243 e. The van der Waals surface area contributed by atoms with Crippen molar-refractivity contribution in [3.63, 3.8) is 0 Å². The zero-order chi connectivity index (χ0) is 15.6. The number of benzene rings is 1. The molecule has 0 saturated carbocycles. The van der Waals surface area contributed by atoms with Crippen LogP contribution in [0.1, 0.15) is 19.4 Å². The van der Waals surface area contributed by atoms with Crippen LogP contribution >= 0.6 is 0 Å². The van der Waals surface area contributed by atoms with Crippen molar-refractivity contribution in [3.05, 3.63) is 23.8 Å². The molecule has 118 valence electrons. The van der Waals surface area contributed by atoms with Gasteiger partial charge in [-0.2, -0.15) is 4.31 Å². The van der Waals surface area contributed by atoms with Crippen molar-refractivity contribution >= 4 is 10.0 Å². The highest BCUT2D eigenvalue weighted by Crippen LogP contribution is 2.26. The van der Waals surface area contributed by atoms with Crippen LogP contribution in [0.25, 0.3) is 0 Å². The lowest BCUT2D eigenvalue weighted by Gasteiger charge is -2.34. The van der Waals surface area contributed by atoms with Gasteiger partial charge in [-0.05, 0) is 32.0 Å². The van der Waals surface area contributed by atoms with E-state index >= 15 is 0 Å². The van der Waals surface area contributed by atoms with Crippen LogP contribution in [0.3, 0.4) is 0 Å². The first kappa shape index (κ1) is 16.2. The van der Waals surface area contributed by atoms with Gasteiger partial charge in [0.05, 0.1) is 30.8 Å². The van der Waals surface area contributed by atoms with Gasteiger partial charge in [0.15, 0.2) is 0 Å². The number of nitrogens with zero attached hydrogens (tertiary/aromatic N) is 1. The van der Waals surface area contributed by atoms with E-state index in [0.717, 1.165) is 0 Å². The Balaban J connectivity index is 2.35. The van der Waals surface area contributed by atoms with Crippen molar-refractivity contribution in [3.8, 4) is 5.75 Å². The number of hydrogen-bond donors (Lipinski definition) is 1. The number of morpholine rings is 1. The molecular weight excluding hydrogens is 294 g/mol. The van der Waals surface area contributed by atoms with Crippen LogP contribution in [0.5, 0.6) is 5.75 Å². The largest absolute Gasteiger partial charge is 0.496 e. The van der Waals surface area contributed by atoms with E-state index in [1.807, 2.05) is 13.8 Å². The highest BCUT2D eigenvalue weighted by molar-refractivity contribution is 7.89. The van der Waals surface area contributed by atoms with Crippen molar-refractivity contribution in [2.24, 2.45) is 0 Å². The quantitative estimate of drug-likeness (QED) is 0.896. The van der Waals surface area contributed by atoms with E-state index in [1.165, 1.54) is 23.5 Å². The lowest BCUT2D eigenvalue weighted by Crippen LogP contribution is -2.48. The molecule has 1 aromatic rings. The average Bonchev–Trinajstić information content (AvgIpc) is 2.45. The highest BCUT2D eigenvalue weighted by Gasteiger charge is 2.32. The predicted molar refractivity (Wildman–Crippen MR) is 77.7 cm³/mol. The summed E-state index contributed by atoms with van der Waals surface area (Å²) in [6.07, 6.45) is -0.279. The molecule has 1 aliphatic heterocycles. The first-order valence-electron chi connectivity index (χ1n) is 6.82. The van der Waals surface area contributed by atoms with Gasteiger partial charge in [0.25, 0.3) is 0 Å². The van der Waals surface area contributed by atoms with E-state index in [2.05, 4.69) is 0 Å². The Morgan fingerprint density at radius 1 is 1.33 bits per heavy atom. The number of sulfonamides is 1. The summed E-state index contributed by atoms with van der Waals surface area (Å²) in [5.41, 5.74) is 0.452. The molecular formula is C14H21NO5S. The Labute approximate surface area is 125 Å². The molecule has 0 amide bonds. The Morgan fingerprint density at radius 3 is 2.48 bits per heavy atom. The summed E-state index contributed by atoms with van der Waals surface area (Å²) in [4.78, 5) is 0.161. The fourth-order valence-electron chi connectivity index (χ4n) is 2.52. The van der Waals surface area contributed by atoms with Crippen LogP contribution in [0.15, 0.2) is 23.1 Å². The van der Waals surface area contributed by atoms with Gasteiger partial charge in [0.1, 0.15) is 5.75 Å². The molecule has 2 atom stereocenters. The molecule has 0 radical (unpaired) electrons. The van der Waals surface area contributed by atoms with E-state index in [4.69, 9.17) is 9.47 Å². The first-order valence-corrected chi connectivity index (χ1v) is 8.26. The third-order valence-corrected chi connectivity index (χ3v) is 5.27. The third-order valence-electron chi connectivity index (χ3n) is 3.45. The summed E-state index contributed by atoms with van der Waals surface area (Å²) in [5, 5.41) is 9.33. The highest BCUT2D eigenvalue weighted by atomic mass is 32.2. The van der Waals surface area contributed by atoms with Crippen LogP contribution in [-0.2, 0) is 21.4 Å². The lowest BCUT2D eigenvalue weighted by atomic mass is 10.2. The fourth-order valence-corrected chi connectivity index (χ4v) is 4.16. The Kier molecular flexibility index (Phi) is 4.88. The molecule has 21 heavy (non-hydrogen) atoms. The number of ether oxygens (including phenoxy) is 2. The normalized spacial score (nSPS) is 24.0. The summed E-state index contributed by atoms with van der Waals surface area (Å²) in [7, 11) is -2.12. The number of aliphatic hydroxyl groups is 1. The Bertz CT molecular complexity index is 591. The van der Waals surface area contributed by atoms with E-state index in [1.54, 1.807) is 6.07 Å². The molecule has 0 spiro atoms. The van der Waals surface area contributed by atoms with Gasteiger partial charge in [-0.15, -0.1) is 0 Å². The van der Waals surface area contributed by atoms with E-state index in [-0.39, 0.29) is 23.7 Å². The van der Waals surface area contributed by atoms with Gasteiger partial charge in [0, 0.05) is 18.7 Å². The number of methoxy groups -OCH3 is 1. The molecule has 1 fully saturated rings. The minimum Gasteiger partial charge on any atom is -0.496 e. The zero-order valence-electron chi connectivity index (χ0n) is 12.4. The SMILES string of the molecule is COc1ccc(S(=O)(=O)N2C[C@@H](C)O[C@@H](C)C2)cc1CO. The average molecular weight is 315 g/mol. The van der Waals surface area contributed by atoms with Gasteiger partial charge in [-0.1, -0.05) is 0 Å². The van der Waals surface area contributed by atoms with Gasteiger partial charge in [-0.25, -0.2) is 8.42 Å². The summed E-state index contributed by atoms with van der Waals surface area (Å²) in [6, 6.07) is 4.52. The molecule has 1 aromatic carbocycles. The van der Waals surface area contributed by atoms with Crippen LogP contribution in [-0.4, -0.2) is 50.2 Å². The molecule has 0 aromatic heterocycles. The molecule has 1 heterocycles. The molecule has 2 rings (SSSR count). The molecule has 0 unspecified atom stereocenters. The van der Waals surface area contributed by atoms with Crippen molar-refractivity contribution < 1.29 is 23.0 Å². The fraction of sp³-hybridized carbons (Fsp3) is 0.571. The third kappa shape index (κ3) is 3.37. The van der Waals surface area contributed by atoms with Gasteiger partial charge in [-0.3, -0.25) is 0 Å². The van der Waals surface area contributed by atoms with Crippen LogP contribution in [0.2, 0.25) is 0 Å². The molecule has 0 aliphatic carbocycles. The van der Waals surface area contributed by atoms with E-state index < -0.39 is 10.0 Å². The van der Waals surface area contributed by atoms with Crippen LogP contribution < -0.4 is 4.74 Å². The minimum atomic E-state index is -3.60. The first-order chi connectivity index (χ1) is 9.88. The van der Waals surface area contributed by atoms with E-state index in [0.29, 0.717) is 24.4 Å². The smallest absolute Gasteiger partial charge is 0.243 e. The second-order valence-electron chi connectivity index (χ2n) is 5.21. The van der Waals surface area contributed by atoms with Crippen LogP contribution in [0, 0.1) is 0 Å². The summed E-state index contributed by atoms with van der Waals surface area (Å²) in [5.74, 6) is 0.472. The van der Waals surface area contributed by atoms with Crippen molar-refractivity contribution in [1.29, 1.82) is 0 Å². The van der Waals surface area contributed by atoms with Crippen LogP contribution in [0.4, 0.5) is 0 Å². The monoisotopic (exact) mass is 315 g/mol. The number of aliphatic hydroxyl groups excluding tert-OH is 1. The topological polar surface area (TPSA) is 76.1 Å². The molecule has 0 bridgehead atoms. The van der Waals surface area contributed by atoms with Gasteiger partial charge >= 0.3 is 0 Å². The maximum absolute atomic E-state index is 12.7. The Morgan fingerprint density at radius 2 is 1.95 bits per heavy atom. The predicted octanol–water partition coefficient (Wildman–Crippen LogP) is 0.985. The maximum atomic E-state index is 12.7. The molecule has 7 heteroatoms. The van der Waals surface area contributed by atoms with Gasteiger partial charge in [0.2, 0.25) is 10.0 Å². The molecule has 6 nitrogen and oxygen atoms in total. The van der Waals surface area contributed by atoms with Crippen molar-refractivity contribution in [1.82, 2.24) is 4.31 Å². The van der Waals surface area contributed by atoms with Gasteiger partial charge < -0.3 is 14.6 Å². The van der Waals surface area contributed by atoms with Crippen molar-refractivity contribution in [2.45, 2.75) is 37.6 Å². The second kappa shape index (κ2) is 6.31. The summed E-state index contributed by atoms with van der Waals surface area (Å²) >= 11 is 0. The Hall–Kier alpha value is -1.15. The molecule has 1 aliphatic rings. The minimum absolute atomic E-state index is 0.140.